The first-order chi connectivity index (χ1) is 9.13. The maximum Gasteiger partial charge on any atom is 0.304 e. The van der Waals surface area contributed by atoms with Crippen molar-refractivity contribution in [1.29, 1.82) is 0 Å². The van der Waals surface area contributed by atoms with Gasteiger partial charge < -0.3 is 9.52 Å². The van der Waals surface area contributed by atoms with Crippen molar-refractivity contribution < 1.29 is 14.3 Å². The van der Waals surface area contributed by atoms with Crippen LogP contribution in [0.2, 0.25) is 0 Å². The number of carboxylic acids is 1. The summed E-state index contributed by atoms with van der Waals surface area (Å²) in [5, 5.41) is 8.79. The van der Waals surface area contributed by atoms with Gasteiger partial charge in [0.25, 0.3) is 0 Å². The summed E-state index contributed by atoms with van der Waals surface area (Å²) in [4.78, 5) is 12.9. The molecule has 4 heteroatoms. The molecule has 1 aromatic heterocycles. The lowest BCUT2D eigenvalue weighted by molar-refractivity contribution is -0.137. The van der Waals surface area contributed by atoms with E-state index in [0.29, 0.717) is 18.5 Å². The zero-order valence-corrected chi connectivity index (χ0v) is 11.3. The van der Waals surface area contributed by atoms with Gasteiger partial charge in [0.05, 0.1) is 13.0 Å². The van der Waals surface area contributed by atoms with Gasteiger partial charge in [0, 0.05) is 18.5 Å². The Balaban J connectivity index is 1.58. The molecule has 3 rings (SSSR count). The number of rotatable bonds is 7. The lowest BCUT2D eigenvalue weighted by Crippen LogP contribution is -2.27. The van der Waals surface area contributed by atoms with Crippen LogP contribution in [0.4, 0.5) is 0 Å². The first-order valence-electron chi connectivity index (χ1n) is 7.18. The Morgan fingerprint density at radius 1 is 1.47 bits per heavy atom. The number of carbonyl (C=O) groups is 1. The molecule has 0 aliphatic heterocycles. The van der Waals surface area contributed by atoms with E-state index in [9.17, 15) is 4.79 Å². The number of hydrogen-bond acceptors (Lipinski definition) is 3. The molecule has 1 heterocycles. The fourth-order valence-corrected chi connectivity index (χ4v) is 2.67. The molecule has 2 saturated carbocycles. The molecule has 19 heavy (non-hydrogen) atoms. The Morgan fingerprint density at radius 3 is 2.79 bits per heavy atom. The van der Waals surface area contributed by atoms with Crippen molar-refractivity contribution in [3.63, 3.8) is 0 Å². The average molecular weight is 263 g/mol. The third kappa shape index (κ3) is 3.18. The van der Waals surface area contributed by atoms with Crippen LogP contribution in [0.15, 0.2) is 16.5 Å². The van der Waals surface area contributed by atoms with Gasteiger partial charge in [-0.05, 0) is 37.3 Å². The SMILES string of the molecule is CC1CC1c1ccc(CN(CCC(=O)O)C2CC2)o1. The Morgan fingerprint density at radius 2 is 2.21 bits per heavy atom. The predicted octanol–water partition coefficient (Wildman–Crippen LogP) is 2.84. The van der Waals surface area contributed by atoms with Gasteiger partial charge in [0.15, 0.2) is 0 Å². The third-order valence-corrected chi connectivity index (χ3v) is 4.19. The van der Waals surface area contributed by atoms with Crippen molar-refractivity contribution in [1.82, 2.24) is 4.90 Å². The van der Waals surface area contributed by atoms with E-state index in [0.717, 1.165) is 24.0 Å². The smallest absolute Gasteiger partial charge is 0.304 e. The molecule has 2 aliphatic carbocycles. The fourth-order valence-electron chi connectivity index (χ4n) is 2.67. The van der Waals surface area contributed by atoms with E-state index in [1.54, 1.807) is 0 Å². The van der Waals surface area contributed by atoms with Crippen molar-refractivity contribution in [2.24, 2.45) is 5.92 Å². The standard InChI is InChI=1S/C15H21NO3/c1-10-8-13(10)14-5-4-12(19-14)9-16(11-2-3-11)7-6-15(17)18/h4-5,10-11,13H,2-3,6-9H2,1H3,(H,17,18). The van der Waals surface area contributed by atoms with Crippen molar-refractivity contribution in [3.8, 4) is 0 Å². The van der Waals surface area contributed by atoms with E-state index in [4.69, 9.17) is 9.52 Å². The second-order valence-electron chi connectivity index (χ2n) is 5.97. The molecule has 104 valence electrons. The van der Waals surface area contributed by atoms with Crippen LogP contribution in [0, 0.1) is 5.92 Å². The minimum atomic E-state index is -0.724. The summed E-state index contributed by atoms with van der Waals surface area (Å²) < 4.78 is 5.90. The highest BCUT2D eigenvalue weighted by atomic mass is 16.4. The Hall–Kier alpha value is -1.29. The number of furan rings is 1. The van der Waals surface area contributed by atoms with Gasteiger partial charge in [-0.3, -0.25) is 9.69 Å². The molecular weight excluding hydrogens is 242 g/mol. The van der Waals surface area contributed by atoms with Gasteiger partial charge in [-0.2, -0.15) is 0 Å². The van der Waals surface area contributed by atoms with Gasteiger partial charge in [-0.15, -0.1) is 0 Å². The van der Waals surface area contributed by atoms with Crippen LogP contribution in [0.5, 0.6) is 0 Å². The van der Waals surface area contributed by atoms with E-state index >= 15 is 0 Å². The molecule has 1 aromatic rings. The Bertz CT molecular complexity index is 464. The number of carboxylic acid groups (broad SMARTS) is 1. The highest BCUT2D eigenvalue weighted by molar-refractivity contribution is 5.66. The molecule has 1 N–H and O–H groups in total. The molecule has 0 aromatic carbocycles. The first kappa shape index (κ1) is 12.7. The van der Waals surface area contributed by atoms with Crippen LogP contribution < -0.4 is 0 Å². The van der Waals surface area contributed by atoms with Crippen LogP contribution in [-0.2, 0) is 11.3 Å². The van der Waals surface area contributed by atoms with Crippen LogP contribution in [0.1, 0.15) is 50.0 Å². The number of hydrogen-bond donors (Lipinski definition) is 1. The summed E-state index contributed by atoms with van der Waals surface area (Å²) in [6.07, 6.45) is 3.82. The molecule has 2 atom stereocenters. The second-order valence-corrected chi connectivity index (χ2v) is 5.97. The topological polar surface area (TPSA) is 53.7 Å². The summed E-state index contributed by atoms with van der Waals surface area (Å²) in [6.45, 7) is 3.62. The van der Waals surface area contributed by atoms with Crippen molar-refractivity contribution in [2.75, 3.05) is 6.54 Å². The van der Waals surface area contributed by atoms with Crippen LogP contribution in [0.3, 0.4) is 0 Å². The monoisotopic (exact) mass is 263 g/mol. The summed E-state index contributed by atoms with van der Waals surface area (Å²) in [5.74, 6) is 2.73. The highest BCUT2D eigenvalue weighted by Gasteiger charge is 2.37. The third-order valence-electron chi connectivity index (χ3n) is 4.19. The van der Waals surface area contributed by atoms with Crippen molar-refractivity contribution in [2.45, 2.75) is 51.1 Å². The zero-order chi connectivity index (χ0) is 13.4. The van der Waals surface area contributed by atoms with E-state index in [-0.39, 0.29) is 6.42 Å². The summed E-state index contributed by atoms with van der Waals surface area (Å²) in [5.41, 5.74) is 0. The fraction of sp³-hybridized carbons (Fsp3) is 0.667. The highest BCUT2D eigenvalue weighted by Crippen LogP contribution is 2.47. The van der Waals surface area contributed by atoms with Gasteiger partial charge in [-0.25, -0.2) is 0 Å². The van der Waals surface area contributed by atoms with E-state index < -0.39 is 5.97 Å². The Kier molecular flexibility index (Phi) is 3.35. The quantitative estimate of drug-likeness (QED) is 0.822. The predicted molar refractivity (Wildman–Crippen MR) is 70.9 cm³/mol. The van der Waals surface area contributed by atoms with Crippen molar-refractivity contribution in [3.05, 3.63) is 23.7 Å². The molecular formula is C15H21NO3. The molecule has 2 fully saturated rings. The largest absolute Gasteiger partial charge is 0.481 e. The van der Waals surface area contributed by atoms with E-state index in [1.165, 1.54) is 19.3 Å². The van der Waals surface area contributed by atoms with Gasteiger partial charge in [0.1, 0.15) is 11.5 Å². The van der Waals surface area contributed by atoms with Gasteiger partial charge in [-0.1, -0.05) is 6.92 Å². The molecule has 0 radical (unpaired) electrons. The number of aliphatic carboxylic acids is 1. The summed E-state index contributed by atoms with van der Waals surface area (Å²) in [6, 6.07) is 4.70. The molecule has 0 amide bonds. The Labute approximate surface area is 113 Å². The molecule has 2 aliphatic rings. The van der Waals surface area contributed by atoms with Crippen LogP contribution in [-0.4, -0.2) is 28.6 Å². The molecule has 2 unspecified atom stereocenters. The van der Waals surface area contributed by atoms with Crippen LogP contribution in [0.25, 0.3) is 0 Å². The minimum absolute atomic E-state index is 0.212. The molecule has 4 nitrogen and oxygen atoms in total. The average Bonchev–Trinajstić information content (AvgIpc) is 3.27. The summed E-state index contributed by atoms with van der Waals surface area (Å²) in [7, 11) is 0. The van der Waals surface area contributed by atoms with Crippen molar-refractivity contribution >= 4 is 5.97 Å². The van der Waals surface area contributed by atoms with Gasteiger partial charge >= 0.3 is 5.97 Å². The molecule has 0 bridgehead atoms. The van der Waals surface area contributed by atoms with E-state index in [1.807, 2.05) is 0 Å². The second kappa shape index (κ2) is 5.00. The first-order valence-corrected chi connectivity index (χ1v) is 7.18. The summed E-state index contributed by atoms with van der Waals surface area (Å²) >= 11 is 0. The lowest BCUT2D eigenvalue weighted by atomic mass is 10.3. The minimum Gasteiger partial charge on any atom is -0.481 e. The molecule has 0 saturated heterocycles. The molecule has 0 spiro atoms. The normalized spacial score (nSPS) is 25.8. The number of nitrogens with zero attached hydrogens (tertiary/aromatic N) is 1. The maximum absolute atomic E-state index is 10.7. The zero-order valence-electron chi connectivity index (χ0n) is 11.3. The maximum atomic E-state index is 10.7. The van der Waals surface area contributed by atoms with E-state index in [2.05, 4.69) is 24.0 Å². The van der Waals surface area contributed by atoms with Crippen LogP contribution >= 0.6 is 0 Å². The van der Waals surface area contributed by atoms with Gasteiger partial charge in [0.2, 0.25) is 0 Å². The lowest BCUT2D eigenvalue weighted by Gasteiger charge is -2.19.